The number of hydrogen-bond acceptors (Lipinski definition) is 2. The van der Waals surface area contributed by atoms with E-state index in [1.165, 1.54) is 66.0 Å². The van der Waals surface area contributed by atoms with E-state index in [1.54, 1.807) is 0 Å². The second-order valence-electron chi connectivity index (χ2n) is 15.3. The van der Waals surface area contributed by atoms with E-state index in [4.69, 9.17) is 0 Å². The first-order chi connectivity index (χ1) is 27.5. The topological polar surface area (TPSA) is 6.48 Å². The van der Waals surface area contributed by atoms with Gasteiger partial charge in [0.05, 0.1) is 11.4 Å². The summed E-state index contributed by atoms with van der Waals surface area (Å²) in [6.07, 6.45) is 9.93. The van der Waals surface area contributed by atoms with Gasteiger partial charge < -0.3 is 9.80 Å². The minimum Gasteiger partial charge on any atom is -0.311 e. The van der Waals surface area contributed by atoms with Gasteiger partial charge in [-0.3, -0.25) is 0 Å². The molecule has 268 valence electrons. The number of allylic oxidation sites excluding steroid dienone is 2. The SMILES string of the molecule is CC1(C)c2ccccc2N(c2ccc(-c3ccc(N(c4ccccc4)c4ccccc4)cc3)cc2)c2ccc(-c3ccc4ccc5c(c4c3)=CCC=CC=5)cc21. The third-order valence-corrected chi connectivity index (χ3v) is 11.6. The normalized spacial score (nSPS) is 13.8. The van der Waals surface area contributed by atoms with E-state index in [0.29, 0.717) is 0 Å². The van der Waals surface area contributed by atoms with Crippen molar-refractivity contribution in [3.63, 3.8) is 0 Å². The Morgan fingerprint density at radius 2 is 1.07 bits per heavy atom. The molecular weight excluding hydrogens is 677 g/mol. The predicted octanol–water partition coefficient (Wildman–Crippen LogP) is 13.3. The van der Waals surface area contributed by atoms with Crippen LogP contribution in [0.15, 0.2) is 194 Å². The predicted molar refractivity (Wildman–Crippen MR) is 238 cm³/mol. The van der Waals surface area contributed by atoms with Gasteiger partial charge in [0.2, 0.25) is 0 Å². The zero-order chi connectivity index (χ0) is 37.6. The number of anilines is 6. The Kier molecular flexibility index (Phi) is 8.26. The molecule has 1 heterocycles. The summed E-state index contributed by atoms with van der Waals surface area (Å²) in [6.45, 7) is 4.74. The molecule has 0 aromatic heterocycles. The molecule has 8 aromatic rings. The van der Waals surface area contributed by atoms with Crippen LogP contribution >= 0.6 is 0 Å². The first kappa shape index (κ1) is 33.7. The highest BCUT2D eigenvalue weighted by molar-refractivity contribution is 5.91. The number of para-hydroxylation sites is 3. The van der Waals surface area contributed by atoms with E-state index in [2.05, 4.69) is 230 Å². The first-order valence-corrected chi connectivity index (χ1v) is 19.6. The van der Waals surface area contributed by atoms with Crippen molar-refractivity contribution in [2.24, 2.45) is 0 Å². The van der Waals surface area contributed by atoms with Crippen molar-refractivity contribution in [1.82, 2.24) is 0 Å². The van der Waals surface area contributed by atoms with Crippen molar-refractivity contribution in [1.29, 1.82) is 0 Å². The van der Waals surface area contributed by atoms with Gasteiger partial charge in [-0.1, -0.05) is 147 Å². The summed E-state index contributed by atoms with van der Waals surface area (Å²) in [6, 6.07) is 66.5. The van der Waals surface area contributed by atoms with Crippen LogP contribution in [0.3, 0.4) is 0 Å². The van der Waals surface area contributed by atoms with Crippen molar-refractivity contribution in [3.05, 3.63) is 216 Å². The quantitative estimate of drug-likeness (QED) is 0.169. The lowest BCUT2D eigenvalue weighted by molar-refractivity contribution is 0.632. The van der Waals surface area contributed by atoms with Gasteiger partial charge >= 0.3 is 0 Å². The lowest BCUT2D eigenvalue weighted by atomic mass is 9.73. The molecule has 2 nitrogen and oxygen atoms in total. The van der Waals surface area contributed by atoms with Crippen molar-refractivity contribution < 1.29 is 0 Å². The number of rotatable bonds is 6. The van der Waals surface area contributed by atoms with Gasteiger partial charge in [-0.15, -0.1) is 0 Å². The molecule has 0 unspecified atom stereocenters. The molecule has 0 saturated carbocycles. The smallest absolute Gasteiger partial charge is 0.0503 e. The van der Waals surface area contributed by atoms with Crippen LogP contribution < -0.4 is 20.2 Å². The molecule has 0 radical (unpaired) electrons. The molecule has 0 atom stereocenters. The second-order valence-corrected chi connectivity index (χ2v) is 15.3. The minimum absolute atomic E-state index is 0.185. The first-order valence-electron chi connectivity index (χ1n) is 19.6. The molecule has 0 N–H and O–H groups in total. The maximum Gasteiger partial charge on any atom is 0.0503 e. The van der Waals surface area contributed by atoms with Crippen molar-refractivity contribution in [3.8, 4) is 22.3 Å². The van der Waals surface area contributed by atoms with E-state index in [0.717, 1.165) is 29.2 Å². The van der Waals surface area contributed by atoms with Gasteiger partial charge in [-0.2, -0.15) is 0 Å². The molecule has 1 aliphatic carbocycles. The van der Waals surface area contributed by atoms with Crippen LogP contribution in [0.4, 0.5) is 34.1 Å². The molecule has 8 aromatic carbocycles. The molecule has 2 aliphatic rings. The summed E-state index contributed by atoms with van der Waals surface area (Å²) in [5.41, 5.74) is 14.3. The Balaban J connectivity index is 1.01. The van der Waals surface area contributed by atoms with Crippen molar-refractivity contribution >= 4 is 57.0 Å². The fraction of sp³-hybridized carbons (Fsp3) is 0.0741. The second kappa shape index (κ2) is 13.7. The van der Waals surface area contributed by atoms with E-state index < -0.39 is 0 Å². The van der Waals surface area contributed by atoms with E-state index in [1.807, 2.05) is 0 Å². The van der Waals surface area contributed by atoms with Gasteiger partial charge in [0, 0.05) is 28.2 Å². The van der Waals surface area contributed by atoms with E-state index in [9.17, 15) is 0 Å². The van der Waals surface area contributed by atoms with Crippen molar-refractivity contribution in [2.45, 2.75) is 25.7 Å². The molecule has 0 spiro atoms. The lowest BCUT2D eigenvalue weighted by Crippen LogP contribution is -2.30. The van der Waals surface area contributed by atoms with E-state index in [-0.39, 0.29) is 5.41 Å². The molecule has 1 aliphatic heterocycles. The summed E-state index contributed by atoms with van der Waals surface area (Å²) in [5.74, 6) is 0. The largest absolute Gasteiger partial charge is 0.311 e. The molecule has 2 heteroatoms. The highest BCUT2D eigenvalue weighted by Gasteiger charge is 2.37. The molecule has 0 saturated heterocycles. The molecule has 0 fully saturated rings. The third-order valence-electron chi connectivity index (χ3n) is 11.6. The summed E-state index contributed by atoms with van der Waals surface area (Å²) in [7, 11) is 0. The Morgan fingerprint density at radius 1 is 0.500 bits per heavy atom. The Morgan fingerprint density at radius 3 is 1.80 bits per heavy atom. The standard InChI is InChI=1S/C54H42N2/c1-54(2)50-20-12-13-21-52(50)56(53-35-30-43(37-51(53)54)42-25-24-41-23-22-40-14-6-3-11-19-48(40)49(41)36-42)47-33-28-39(29-34-47)38-26-31-46(32-27-38)55(44-15-7-4-8-16-44)45-17-9-5-10-18-45/h3-10,12-37H,11H2,1-2H3. The Labute approximate surface area is 329 Å². The number of nitrogens with zero attached hydrogens (tertiary/aromatic N) is 2. The average Bonchev–Trinajstić information content (AvgIpc) is 3.51. The number of hydrogen-bond donors (Lipinski definition) is 0. The fourth-order valence-electron chi connectivity index (χ4n) is 8.72. The zero-order valence-electron chi connectivity index (χ0n) is 31.7. The maximum absolute atomic E-state index is 2.45. The Hall–Kier alpha value is -6.90. The molecule has 56 heavy (non-hydrogen) atoms. The van der Waals surface area contributed by atoms with Crippen LogP contribution in [0.2, 0.25) is 0 Å². The molecule has 0 bridgehead atoms. The van der Waals surface area contributed by atoms with Crippen LogP contribution in [0.1, 0.15) is 31.4 Å². The van der Waals surface area contributed by atoms with Crippen LogP contribution in [0.5, 0.6) is 0 Å². The average molecular weight is 719 g/mol. The van der Waals surface area contributed by atoms with Gasteiger partial charge in [0.1, 0.15) is 0 Å². The number of benzene rings is 8. The summed E-state index contributed by atoms with van der Waals surface area (Å²) in [5, 5.41) is 5.19. The number of fused-ring (bicyclic) bond motifs is 5. The summed E-state index contributed by atoms with van der Waals surface area (Å²) < 4.78 is 0. The van der Waals surface area contributed by atoms with Crippen LogP contribution in [-0.2, 0) is 5.41 Å². The molecular formula is C54H42N2. The van der Waals surface area contributed by atoms with Gasteiger partial charge in [0.15, 0.2) is 0 Å². The van der Waals surface area contributed by atoms with Crippen molar-refractivity contribution in [2.75, 3.05) is 9.80 Å². The minimum atomic E-state index is -0.185. The fourth-order valence-corrected chi connectivity index (χ4v) is 8.72. The zero-order valence-corrected chi connectivity index (χ0v) is 31.7. The summed E-state index contributed by atoms with van der Waals surface area (Å²) >= 11 is 0. The monoisotopic (exact) mass is 718 g/mol. The highest BCUT2D eigenvalue weighted by atomic mass is 15.2. The van der Waals surface area contributed by atoms with Crippen LogP contribution in [-0.4, -0.2) is 0 Å². The van der Waals surface area contributed by atoms with Gasteiger partial charge in [-0.25, -0.2) is 0 Å². The van der Waals surface area contributed by atoms with Crippen LogP contribution in [0.25, 0.3) is 45.2 Å². The van der Waals surface area contributed by atoms with E-state index >= 15 is 0 Å². The third kappa shape index (κ3) is 5.82. The lowest BCUT2D eigenvalue weighted by Gasteiger charge is -2.42. The highest BCUT2D eigenvalue weighted by Crippen LogP contribution is 2.52. The Bertz CT molecular complexity index is 2850. The molecule has 10 rings (SSSR count). The van der Waals surface area contributed by atoms with Gasteiger partial charge in [-0.05, 0) is 134 Å². The van der Waals surface area contributed by atoms with Gasteiger partial charge in [0.25, 0.3) is 0 Å². The molecule has 0 amide bonds. The van der Waals surface area contributed by atoms with Crippen LogP contribution in [0, 0.1) is 0 Å². The summed E-state index contributed by atoms with van der Waals surface area (Å²) in [4.78, 5) is 4.75. The maximum atomic E-state index is 2.45.